The van der Waals surface area contributed by atoms with E-state index in [0.29, 0.717) is 0 Å². The molecule has 82 valence electrons. The van der Waals surface area contributed by atoms with E-state index in [1.807, 2.05) is 6.92 Å². The van der Waals surface area contributed by atoms with E-state index in [1.165, 1.54) is 13.5 Å². The Morgan fingerprint density at radius 1 is 1.21 bits per heavy atom. The summed E-state index contributed by atoms with van der Waals surface area (Å²) in [5, 5.41) is 0. The van der Waals surface area contributed by atoms with E-state index >= 15 is 0 Å². The van der Waals surface area contributed by atoms with Gasteiger partial charge in [0.25, 0.3) is 0 Å². The van der Waals surface area contributed by atoms with E-state index < -0.39 is 0 Å². The molecule has 0 radical (unpaired) electrons. The van der Waals surface area contributed by atoms with Crippen LogP contribution in [0.2, 0.25) is 0 Å². The monoisotopic (exact) mass is 200 g/mol. The number of ether oxygens (including phenoxy) is 2. The van der Waals surface area contributed by atoms with Crippen molar-refractivity contribution < 1.29 is 14.3 Å². The van der Waals surface area contributed by atoms with Crippen molar-refractivity contribution in [3.63, 3.8) is 0 Å². The third-order valence-electron chi connectivity index (χ3n) is 3.45. The molecule has 3 nitrogen and oxygen atoms in total. The van der Waals surface area contributed by atoms with Crippen LogP contribution in [0, 0.1) is 5.92 Å². The largest absolute Gasteiger partial charge is 0.469 e. The van der Waals surface area contributed by atoms with Gasteiger partial charge in [-0.25, -0.2) is 0 Å². The highest BCUT2D eigenvalue weighted by molar-refractivity contribution is 5.73. The summed E-state index contributed by atoms with van der Waals surface area (Å²) < 4.78 is 10.3. The van der Waals surface area contributed by atoms with Gasteiger partial charge in [-0.3, -0.25) is 4.79 Å². The number of carbonyl (C=O) groups is 1. The van der Waals surface area contributed by atoms with Crippen LogP contribution in [0.25, 0.3) is 0 Å². The van der Waals surface area contributed by atoms with Crippen LogP contribution in [-0.2, 0) is 14.3 Å². The quantitative estimate of drug-likeness (QED) is 0.655. The fraction of sp³-hybridized carbons (Fsp3) is 0.909. The van der Waals surface area contributed by atoms with Crippen LogP contribution in [0.4, 0.5) is 0 Å². The van der Waals surface area contributed by atoms with Crippen LogP contribution < -0.4 is 0 Å². The minimum absolute atomic E-state index is 0.155. The third-order valence-corrected chi connectivity index (χ3v) is 3.45. The molecule has 0 spiro atoms. The van der Waals surface area contributed by atoms with Crippen molar-refractivity contribution in [1.29, 1.82) is 0 Å². The molecule has 0 bridgehead atoms. The second-order valence-electron chi connectivity index (χ2n) is 4.07. The Balaban J connectivity index is 2.71. The van der Waals surface area contributed by atoms with E-state index in [2.05, 4.69) is 0 Å². The Bertz CT molecular complexity index is 195. The van der Waals surface area contributed by atoms with Crippen LogP contribution in [0.15, 0.2) is 0 Å². The maximum atomic E-state index is 11.5. The summed E-state index contributed by atoms with van der Waals surface area (Å²) in [6, 6.07) is 0. The molecular weight excluding hydrogens is 180 g/mol. The Hall–Kier alpha value is -0.570. The number of methoxy groups -OCH3 is 2. The molecule has 3 heteroatoms. The molecule has 0 aromatic rings. The minimum atomic E-state index is -0.272. The van der Waals surface area contributed by atoms with Crippen molar-refractivity contribution >= 4 is 5.97 Å². The molecule has 0 aliphatic heterocycles. The van der Waals surface area contributed by atoms with Gasteiger partial charge in [0.2, 0.25) is 0 Å². The topological polar surface area (TPSA) is 35.5 Å². The molecule has 0 aromatic heterocycles. The zero-order valence-corrected chi connectivity index (χ0v) is 9.34. The lowest BCUT2D eigenvalue weighted by Crippen LogP contribution is -2.44. The molecular formula is C11H20O3. The van der Waals surface area contributed by atoms with Crippen LogP contribution in [0.5, 0.6) is 0 Å². The highest BCUT2D eigenvalue weighted by Crippen LogP contribution is 2.37. The Labute approximate surface area is 85.8 Å². The molecule has 1 fully saturated rings. The summed E-state index contributed by atoms with van der Waals surface area (Å²) in [5.41, 5.74) is -0.272. The first-order chi connectivity index (χ1) is 6.66. The molecule has 1 atom stereocenters. The number of hydrogen-bond donors (Lipinski definition) is 0. The Kier molecular flexibility index (Phi) is 3.93. The lowest BCUT2D eigenvalue weighted by atomic mass is 9.76. The van der Waals surface area contributed by atoms with Gasteiger partial charge in [-0.05, 0) is 19.8 Å². The molecule has 1 aliphatic carbocycles. The first-order valence-corrected chi connectivity index (χ1v) is 5.29. The summed E-state index contributed by atoms with van der Waals surface area (Å²) >= 11 is 0. The van der Waals surface area contributed by atoms with Crippen molar-refractivity contribution in [2.24, 2.45) is 5.92 Å². The maximum absolute atomic E-state index is 11.5. The fourth-order valence-electron chi connectivity index (χ4n) is 2.36. The first-order valence-electron chi connectivity index (χ1n) is 5.29. The van der Waals surface area contributed by atoms with E-state index in [-0.39, 0.29) is 17.5 Å². The Morgan fingerprint density at radius 3 is 2.21 bits per heavy atom. The average Bonchev–Trinajstić information content (AvgIpc) is 2.28. The molecule has 1 aliphatic rings. The zero-order valence-electron chi connectivity index (χ0n) is 9.34. The van der Waals surface area contributed by atoms with Gasteiger partial charge in [0.15, 0.2) is 0 Å². The van der Waals surface area contributed by atoms with Gasteiger partial charge < -0.3 is 9.47 Å². The lowest BCUT2D eigenvalue weighted by Gasteiger charge is -2.39. The number of carbonyl (C=O) groups excluding carboxylic acids is 1. The van der Waals surface area contributed by atoms with Crippen molar-refractivity contribution in [3.05, 3.63) is 0 Å². The fourth-order valence-corrected chi connectivity index (χ4v) is 2.36. The average molecular weight is 200 g/mol. The smallest absolute Gasteiger partial charge is 0.311 e. The normalized spacial score (nSPS) is 22.8. The van der Waals surface area contributed by atoms with Crippen molar-refractivity contribution in [3.8, 4) is 0 Å². The highest BCUT2D eigenvalue weighted by atomic mass is 16.5. The second kappa shape index (κ2) is 4.78. The molecule has 0 amide bonds. The summed E-state index contributed by atoms with van der Waals surface area (Å²) in [7, 11) is 3.13. The maximum Gasteiger partial charge on any atom is 0.311 e. The molecule has 0 saturated heterocycles. The number of rotatable bonds is 3. The summed E-state index contributed by atoms with van der Waals surface area (Å²) in [5.74, 6) is -0.313. The van der Waals surface area contributed by atoms with E-state index in [1.54, 1.807) is 7.11 Å². The van der Waals surface area contributed by atoms with Gasteiger partial charge in [-0.2, -0.15) is 0 Å². The number of hydrogen-bond acceptors (Lipinski definition) is 3. The van der Waals surface area contributed by atoms with E-state index in [4.69, 9.17) is 9.47 Å². The molecule has 0 heterocycles. The summed E-state index contributed by atoms with van der Waals surface area (Å²) in [4.78, 5) is 11.5. The number of esters is 1. The SMILES string of the molecule is COC(=O)C(C)C1(OC)CCCCC1. The highest BCUT2D eigenvalue weighted by Gasteiger charge is 2.41. The third kappa shape index (κ3) is 2.08. The zero-order chi connectivity index (χ0) is 10.6. The summed E-state index contributed by atoms with van der Waals surface area (Å²) in [6.07, 6.45) is 5.49. The minimum Gasteiger partial charge on any atom is -0.469 e. The second-order valence-corrected chi connectivity index (χ2v) is 4.07. The van der Waals surface area contributed by atoms with Gasteiger partial charge in [0.1, 0.15) is 0 Å². The molecule has 1 unspecified atom stereocenters. The van der Waals surface area contributed by atoms with Gasteiger partial charge >= 0.3 is 5.97 Å². The molecule has 0 N–H and O–H groups in total. The predicted octanol–water partition coefficient (Wildman–Crippen LogP) is 2.14. The molecule has 14 heavy (non-hydrogen) atoms. The first kappa shape index (κ1) is 11.5. The van der Waals surface area contributed by atoms with Gasteiger partial charge in [0, 0.05) is 7.11 Å². The van der Waals surface area contributed by atoms with Crippen molar-refractivity contribution in [1.82, 2.24) is 0 Å². The van der Waals surface area contributed by atoms with Gasteiger partial charge in [0.05, 0.1) is 18.6 Å². The molecule has 0 aromatic carbocycles. The van der Waals surface area contributed by atoms with Gasteiger partial charge in [-0.15, -0.1) is 0 Å². The van der Waals surface area contributed by atoms with Crippen molar-refractivity contribution in [2.75, 3.05) is 14.2 Å². The summed E-state index contributed by atoms with van der Waals surface area (Å²) in [6.45, 7) is 1.90. The predicted molar refractivity (Wildman–Crippen MR) is 54.0 cm³/mol. The van der Waals surface area contributed by atoms with Crippen LogP contribution in [0.1, 0.15) is 39.0 Å². The standard InChI is InChI=1S/C11H20O3/c1-9(10(12)13-2)11(14-3)7-5-4-6-8-11/h9H,4-8H2,1-3H3. The lowest BCUT2D eigenvalue weighted by molar-refractivity contribution is -0.160. The molecule has 1 rings (SSSR count). The van der Waals surface area contributed by atoms with Crippen LogP contribution in [0.3, 0.4) is 0 Å². The van der Waals surface area contributed by atoms with Crippen LogP contribution >= 0.6 is 0 Å². The van der Waals surface area contributed by atoms with Gasteiger partial charge in [-0.1, -0.05) is 19.3 Å². The molecule has 1 saturated carbocycles. The van der Waals surface area contributed by atoms with Crippen LogP contribution in [-0.4, -0.2) is 25.8 Å². The van der Waals surface area contributed by atoms with E-state index in [9.17, 15) is 4.79 Å². The van der Waals surface area contributed by atoms with E-state index in [0.717, 1.165) is 25.7 Å². The van der Waals surface area contributed by atoms with Crippen molar-refractivity contribution in [2.45, 2.75) is 44.6 Å². The Morgan fingerprint density at radius 2 is 1.79 bits per heavy atom.